The fraction of sp³-hybridized carbons (Fsp3) is 0.471. The van der Waals surface area contributed by atoms with Gasteiger partial charge in [0, 0.05) is 13.0 Å². The van der Waals surface area contributed by atoms with E-state index < -0.39 is 5.97 Å². The van der Waals surface area contributed by atoms with Gasteiger partial charge in [-0.25, -0.2) is 4.79 Å². The molecule has 0 fully saturated rings. The van der Waals surface area contributed by atoms with E-state index in [2.05, 4.69) is 10.6 Å². The van der Waals surface area contributed by atoms with E-state index in [-0.39, 0.29) is 30.0 Å². The molecule has 0 saturated heterocycles. The summed E-state index contributed by atoms with van der Waals surface area (Å²) in [5.41, 5.74) is 1.38. The van der Waals surface area contributed by atoms with Crippen LogP contribution in [0.1, 0.15) is 49.5 Å². The predicted molar refractivity (Wildman–Crippen MR) is 88.3 cm³/mol. The minimum atomic E-state index is -0.643. The number of aryl methyl sites for hydroxylation is 1. The Morgan fingerprint density at radius 3 is 2.57 bits per heavy atom. The summed E-state index contributed by atoms with van der Waals surface area (Å²) in [5.74, 6) is -1.26. The Kier molecular flexibility index (Phi) is 7.25. The molecule has 0 aliphatic rings. The molecule has 126 valence electrons. The Morgan fingerprint density at radius 2 is 1.96 bits per heavy atom. The van der Waals surface area contributed by atoms with Gasteiger partial charge < -0.3 is 15.4 Å². The summed E-state index contributed by atoms with van der Waals surface area (Å²) < 4.78 is 5.04. The number of esters is 1. The van der Waals surface area contributed by atoms with Crippen molar-refractivity contribution in [2.24, 2.45) is 0 Å². The second kappa shape index (κ2) is 8.92. The third-order valence-corrected chi connectivity index (χ3v) is 3.26. The second-order valence-corrected chi connectivity index (χ2v) is 5.51. The summed E-state index contributed by atoms with van der Waals surface area (Å²) in [7, 11) is 0. The van der Waals surface area contributed by atoms with Crippen molar-refractivity contribution in [3.63, 3.8) is 0 Å². The first kappa shape index (κ1) is 18.7. The van der Waals surface area contributed by atoms with Crippen LogP contribution in [0, 0.1) is 6.92 Å². The number of para-hydroxylation sites is 1. The van der Waals surface area contributed by atoms with Crippen molar-refractivity contribution >= 4 is 23.5 Å². The van der Waals surface area contributed by atoms with Crippen molar-refractivity contribution in [2.45, 2.75) is 46.6 Å². The number of rotatable bonds is 7. The molecule has 1 unspecified atom stereocenters. The zero-order valence-electron chi connectivity index (χ0n) is 14.1. The molecule has 1 aromatic rings. The summed E-state index contributed by atoms with van der Waals surface area (Å²) >= 11 is 0. The van der Waals surface area contributed by atoms with Crippen molar-refractivity contribution in [2.75, 3.05) is 11.9 Å². The first-order valence-corrected chi connectivity index (χ1v) is 7.68. The highest BCUT2D eigenvalue weighted by Gasteiger charge is 2.17. The number of anilines is 1. The van der Waals surface area contributed by atoms with Crippen molar-refractivity contribution in [3.05, 3.63) is 29.3 Å². The van der Waals surface area contributed by atoms with Crippen molar-refractivity contribution in [1.29, 1.82) is 0 Å². The SMILES string of the molecule is CCCC(C)NC(=O)COC(=O)c1cccc(C)c1NC(C)=O. The number of carbonyl (C=O) groups excluding carboxylic acids is 3. The lowest BCUT2D eigenvalue weighted by Gasteiger charge is -2.14. The van der Waals surface area contributed by atoms with Gasteiger partial charge in [0.2, 0.25) is 5.91 Å². The third kappa shape index (κ3) is 6.10. The molecule has 1 rings (SSSR count). The Labute approximate surface area is 136 Å². The molecule has 1 atom stereocenters. The summed E-state index contributed by atoms with van der Waals surface area (Å²) in [6.07, 6.45) is 1.83. The lowest BCUT2D eigenvalue weighted by atomic mass is 10.1. The monoisotopic (exact) mass is 320 g/mol. The molecule has 0 spiro atoms. The predicted octanol–water partition coefficient (Wildman–Crippen LogP) is 2.42. The molecule has 2 amide bonds. The van der Waals surface area contributed by atoms with Crippen LogP contribution in [0.25, 0.3) is 0 Å². The topological polar surface area (TPSA) is 84.5 Å². The van der Waals surface area contributed by atoms with Gasteiger partial charge in [-0.15, -0.1) is 0 Å². The number of carbonyl (C=O) groups is 3. The first-order valence-electron chi connectivity index (χ1n) is 7.68. The van der Waals surface area contributed by atoms with Crippen molar-refractivity contribution in [1.82, 2.24) is 5.32 Å². The molecule has 6 heteroatoms. The quantitative estimate of drug-likeness (QED) is 0.756. The van der Waals surface area contributed by atoms with Crippen LogP contribution < -0.4 is 10.6 Å². The van der Waals surface area contributed by atoms with Gasteiger partial charge in [-0.1, -0.05) is 25.5 Å². The van der Waals surface area contributed by atoms with Crippen molar-refractivity contribution in [3.8, 4) is 0 Å². The standard InChI is InChI=1S/C17H24N2O4/c1-5-7-12(3)18-15(21)10-23-17(22)14-9-6-8-11(2)16(14)19-13(4)20/h6,8-9,12H,5,7,10H2,1-4H3,(H,18,21)(H,19,20). The number of ether oxygens (including phenoxy) is 1. The Bertz CT molecular complexity index is 584. The van der Waals surface area contributed by atoms with E-state index in [1.165, 1.54) is 6.92 Å². The molecule has 0 radical (unpaired) electrons. The van der Waals surface area contributed by atoms with Crippen LogP contribution in [0.5, 0.6) is 0 Å². The second-order valence-electron chi connectivity index (χ2n) is 5.51. The average molecular weight is 320 g/mol. The normalized spacial score (nSPS) is 11.5. The van der Waals surface area contributed by atoms with E-state index in [0.29, 0.717) is 5.69 Å². The molecule has 0 saturated carbocycles. The summed E-state index contributed by atoms with van der Waals surface area (Å²) in [6.45, 7) is 6.73. The molecule has 0 bridgehead atoms. The molecule has 23 heavy (non-hydrogen) atoms. The number of benzene rings is 1. The van der Waals surface area contributed by atoms with E-state index in [9.17, 15) is 14.4 Å². The zero-order valence-corrected chi connectivity index (χ0v) is 14.1. The average Bonchev–Trinajstić information content (AvgIpc) is 2.46. The Morgan fingerprint density at radius 1 is 1.26 bits per heavy atom. The van der Waals surface area contributed by atoms with Crippen LogP contribution in [0.15, 0.2) is 18.2 Å². The van der Waals surface area contributed by atoms with E-state index in [1.54, 1.807) is 25.1 Å². The largest absolute Gasteiger partial charge is 0.452 e. The fourth-order valence-corrected chi connectivity index (χ4v) is 2.21. The smallest absolute Gasteiger partial charge is 0.340 e. The lowest BCUT2D eigenvalue weighted by molar-refractivity contribution is -0.124. The molecule has 0 aliphatic heterocycles. The highest BCUT2D eigenvalue weighted by molar-refractivity contribution is 6.02. The van der Waals surface area contributed by atoms with Gasteiger partial charge >= 0.3 is 5.97 Å². The van der Waals surface area contributed by atoms with Gasteiger partial charge in [-0.3, -0.25) is 9.59 Å². The number of amides is 2. The zero-order chi connectivity index (χ0) is 17.4. The summed E-state index contributed by atoms with van der Waals surface area (Å²) in [6, 6.07) is 5.07. The lowest BCUT2D eigenvalue weighted by Crippen LogP contribution is -2.35. The van der Waals surface area contributed by atoms with E-state index >= 15 is 0 Å². The maximum absolute atomic E-state index is 12.2. The molecule has 6 nitrogen and oxygen atoms in total. The highest BCUT2D eigenvalue weighted by atomic mass is 16.5. The van der Waals surface area contributed by atoms with Gasteiger partial charge in [0.1, 0.15) is 0 Å². The first-order chi connectivity index (χ1) is 10.8. The van der Waals surface area contributed by atoms with Crippen LogP contribution in [0.2, 0.25) is 0 Å². The number of nitrogens with one attached hydrogen (secondary N) is 2. The van der Waals surface area contributed by atoms with Crippen molar-refractivity contribution < 1.29 is 19.1 Å². The molecule has 2 N–H and O–H groups in total. The molecule has 1 aromatic carbocycles. The van der Waals surface area contributed by atoms with Crippen LogP contribution in [0.3, 0.4) is 0 Å². The van der Waals surface area contributed by atoms with E-state index in [0.717, 1.165) is 18.4 Å². The minimum absolute atomic E-state index is 0.0418. The highest BCUT2D eigenvalue weighted by Crippen LogP contribution is 2.21. The Balaban J connectivity index is 2.70. The maximum Gasteiger partial charge on any atom is 0.340 e. The summed E-state index contributed by atoms with van der Waals surface area (Å²) in [4.78, 5) is 35.2. The van der Waals surface area contributed by atoms with Gasteiger partial charge in [0.15, 0.2) is 6.61 Å². The van der Waals surface area contributed by atoms with Crippen LogP contribution >= 0.6 is 0 Å². The number of hydrogen-bond donors (Lipinski definition) is 2. The molecule has 0 heterocycles. The molecule has 0 aliphatic carbocycles. The molecule has 0 aromatic heterocycles. The summed E-state index contributed by atoms with van der Waals surface area (Å²) in [5, 5.41) is 5.38. The maximum atomic E-state index is 12.2. The molecular formula is C17H24N2O4. The number of hydrogen-bond acceptors (Lipinski definition) is 4. The van der Waals surface area contributed by atoms with Crippen LogP contribution in [-0.4, -0.2) is 30.4 Å². The van der Waals surface area contributed by atoms with E-state index in [4.69, 9.17) is 4.74 Å². The Hall–Kier alpha value is -2.37. The van der Waals surface area contributed by atoms with Gasteiger partial charge in [-0.2, -0.15) is 0 Å². The minimum Gasteiger partial charge on any atom is -0.452 e. The van der Waals surface area contributed by atoms with Crippen LogP contribution in [0.4, 0.5) is 5.69 Å². The third-order valence-electron chi connectivity index (χ3n) is 3.26. The van der Waals surface area contributed by atoms with E-state index in [1.807, 2.05) is 13.8 Å². The fourth-order valence-electron chi connectivity index (χ4n) is 2.21. The van der Waals surface area contributed by atoms with Gasteiger partial charge in [-0.05, 0) is 31.9 Å². The van der Waals surface area contributed by atoms with Crippen LogP contribution in [-0.2, 0) is 14.3 Å². The van der Waals surface area contributed by atoms with Gasteiger partial charge in [0.25, 0.3) is 5.91 Å². The van der Waals surface area contributed by atoms with Gasteiger partial charge in [0.05, 0.1) is 11.3 Å². The molecular weight excluding hydrogens is 296 g/mol.